The molecule has 0 saturated heterocycles. The Morgan fingerprint density at radius 1 is 1.12 bits per heavy atom. The molecular weight excluding hydrogens is 304 g/mol. The van der Waals surface area contributed by atoms with Crippen LogP contribution in [0.2, 0.25) is 0 Å². The second-order valence-corrected chi connectivity index (χ2v) is 5.49. The first-order chi connectivity index (χ1) is 11.5. The van der Waals surface area contributed by atoms with Crippen molar-refractivity contribution in [2.24, 2.45) is 5.10 Å². The molecule has 0 heterocycles. The molecule has 6 nitrogen and oxygen atoms in total. The molecule has 2 aromatic rings. The van der Waals surface area contributed by atoms with Gasteiger partial charge in [0.2, 0.25) is 0 Å². The molecule has 1 N–H and O–H groups in total. The minimum absolute atomic E-state index is 0.0577. The van der Waals surface area contributed by atoms with Gasteiger partial charge in [-0.25, -0.2) is 0 Å². The average Bonchev–Trinajstić information content (AvgIpc) is 2.58. The van der Waals surface area contributed by atoms with E-state index in [9.17, 15) is 10.1 Å². The number of hydrogen-bond acceptors (Lipinski definition) is 5. The van der Waals surface area contributed by atoms with Crippen LogP contribution in [0.15, 0.2) is 59.7 Å². The number of anilines is 2. The predicted molar refractivity (Wildman–Crippen MR) is 99.6 cm³/mol. The van der Waals surface area contributed by atoms with Gasteiger partial charge in [-0.3, -0.25) is 15.5 Å². The SMILES string of the molecule is CC(C=Cc1ccc(N(C)C)cc1)=NNc1ccc([N+](=O)[O-])cc1. The third-order valence-electron chi connectivity index (χ3n) is 3.37. The second-order valence-electron chi connectivity index (χ2n) is 5.49. The topological polar surface area (TPSA) is 70.8 Å². The first kappa shape index (κ1) is 17.2. The lowest BCUT2D eigenvalue weighted by molar-refractivity contribution is -0.384. The zero-order valence-electron chi connectivity index (χ0n) is 13.9. The van der Waals surface area contributed by atoms with Crippen LogP contribution >= 0.6 is 0 Å². The molecule has 24 heavy (non-hydrogen) atoms. The van der Waals surface area contributed by atoms with Gasteiger partial charge in [-0.15, -0.1) is 0 Å². The smallest absolute Gasteiger partial charge is 0.269 e. The van der Waals surface area contributed by atoms with Gasteiger partial charge in [0.05, 0.1) is 16.3 Å². The number of allylic oxidation sites excluding steroid dienone is 1. The van der Waals surface area contributed by atoms with E-state index < -0.39 is 4.92 Å². The van der Waals surface area contributed by atoms with Gasteiger partial charge in [0.1, 0.15) is 0 Å². The maximum atomic E-state index is 10.6. The summed E-state index contributed by atoms with van der Waals surface area (Å²) in [6.45, 7) is 1.88. The summed E-state index contributed by atoms with van der Waals surface area (Å²) in [5.41, 5.74) is 6.67. The molecule has 0 radical (unpaired) electrons. The van der Waals surface area contributed by atoms with E-state index in [2.05, 4.69) is 22.7 Å². The van der Waals surface area contributed by atoms with Crippen molar-refractivity contribution in [2.45, 2.75) is 6.92 Å². The van der Waals surface area contributed by atoms with Crippen LogP contribution in [0.5, 0.6) is 0 Å². The first-order valence-electron chi connectivity index (χ1n) is 7.46. The summed E-state index contributed by atoms with van der Waals surface area (Å²) in [5, 5.41) is 14.8. The van der Waals surface area contributed by atoms with Crippen LogP contribution in [0.4, 0.5) is 17.1 Å². The number of hydrazone groups is 1. The molecule has 2 aromatic carbocycles. The number of nitro benzene ring substituents is 1. The highest BCUT2D eigenvalue weighted by molar-refractivity contribution is 5.96. The number of rotatable bonds is 6. The molecule has 0 saturated carbocycles. The molecule has 0 atom stereocenters. The lowest BCUT2D eigenvalue weighted by Crippen LogP contribution is -2.07. The standard InChI is InChI=1S/C18H20N4O2/c1-14(4-5-15-6-10-17(11-7-15)21(2)3)19-20-16-8-12-18(13-9-16)22(23)24/h4-13,20H,1-3H3. The number of hydrogen-bond donors (Lipinski definition) is 1. The summed E-state index contributed by atoms with van der Waals surface area (Å²) in [6, 6.07) is 14.3. The molecule has 124 valence electrons. The van der Waals surface area contributed by atoms with Gasteiger partial charge in [0.25, 0.3) is 5.69 Å². The monoisotopic (exact) mass is 324 g/mol. The number of nitrogens with one attached hydrogen (secondary N) is 1. The summed E-state index contributed by atoms with van der Waals surface area (Å²) >= 11 is 0. The van der Waals surface area contributed by atoms with Gasteiger partial charge in [-0.1, -0.05) is 18.2 Å². The fourth-order valence-electron chi connectivity index (χ4n) is 1.95. The van der Waals surface area contributed by atoms with E-state index >= 15 is 0 Å². The van der Waals surface area contributed by atoms with Crippen LogP contribution in [-0.4, -0.2) is 24.7 Å². The van der Waals surface area contributed by atoms with Crippen molar-refractivity contribution in [1.29, 1.82) is 0 Å². The predicted octanol–water partition coefficient (Wildman–Crippen LogP) is 4.16. The van der Waals surface area contributed by atoms with Crippen LogP contribution in [-0.2, 0) is 0 Å². The van der Waals surface area contributed by atoms with E-state index in [4.69, 9.17) is 0 Å². The van der Waals surface area contributed by atoms with Crippen molar-refractivity contribution in [3.63, 3.8) is 0 Å². The molecule has 6 heteroatoms. The number of non-ortho nitro benzene ring substituents is 1. The molecule has 0 aliphatic heterocycles. The number of nitrogens with zero attached hydrogens (tertiary/aromatic N) is 3. The molecule has 0 unspecified atom stereocenters. The van der Waals surface area contributed by atoms with Crippen molar-refractivity contribution < 1.29 is 4.92 Å². The van der Waals surface area contributed by atoms with E-state index in [0.717, 1.165) is 17.0 Å². The molecular formula is C18H20N4O2. The summed E-state index contributed by atoms with van der Waals surface area (Å²) in [4.78, 5) is 12.2. The Bertz CT molecular complexity index is 748. The van der Waals surface area contributed by atoms with E-state index in [0.29, 0.717) is 5.69 Å². The molecule has 0 fully saturated rings. The van der Waals surface area contributed by atoms with E-state index in [1.54, 1.807) is 12.1 Å². The maximum Gasteiger partial charge on any atom is 0.269 e. The Labute approximate surface area is 141 Å². The summed E-state index contributed by atoms with van der Waals surface area (Å²) in [7, 11) is 4.01. The van der Waals surface area contributed by atoms with Crippen molar-refractivity contribution in [2.75, 3.05) is 24.4 Å². The lowest BCUT2D eigenvalue weighted by Gasteiger charge is -2.11. The summed E-state index contributed by atoms with van der Waals surface area (Å²) in [5.74, 6) is 0. The average molecular weight is 324 g/mol. The van der Waals surface area contributed by atoms with Gasteiger partial charge in [-0.2, -0.15) is 5.10 Å². The van der Waals surface area contributed by atoms with Crippen molar-refractivity contribution in [3.8, 4) is 0 Å². The fraction of sp³-hybridized carbons (Fsp3) is 0.167. The zero-order chi connectivity index (χ0) is 17.5. The van der Waals surface area contributed by atoms with E-state index in [1.165, 1.54) is 12.1 Å². The van der Waals surface area contributed by atoms with Crippen molar-refractivity contribution in [1.82, 2.24) is 0 Å². The minimum atomic E-state index is -0.428. The van der Waals surface area contributed by atoms with Crippen LogP contribution in [0.1, 0.15) is 12.5 Å². The summed E-state index contributed by atoms with van der Waals surface area (Å²) < 4.78 is 0. The maximum absolute atomic E-state index is 10.6. The number of nitro groups is 1. The molecule has 0 amide bonds. The molecule has 0 bridgehead atoms. The molecule has 0 aliphatic carbocycles. The Morgan fingerprint density at radius 3 is 2.29 bits per heavy atom. The van der Waals surface area contributed by atoms with Gasteiger partial charge < -0.3 is 4.90 Å². The van der Waals surface area contributed by atoms with Gasteiger partial charge in [0.15, 0.2) is 0 Å². The Kier molecular flexibility index (Phi) is 5.68. The normalized spacial score (nSPS) is 11.5. The lowest BCUT2D eigenvalue weighted by atomic mass is 10.2. The highest BCUT2D eigenvalue weighted by atomic mass is 16.6. The third kappa shape index (κ3) is 4.95. The highest BCUT2D eigenvalue weighted by Gasteiger charge is 2.02. The van der Waals surface area contributed by atoms with E-state index in [1.807, 2.05) is 50.2 Å². The van der Waals surface area contributed by atoms with Crippen LogP contribution in [0.25, 0.3) is 6.08 Å². The first-order valence-corrected chi connectivity index (χ1v) is 7.46. The molecule has 0 spiro atoms. The van der Waals surface area contributed by atoms with E-state index in [-0.39, 0.29) is 5.69 Å². The fourth-order valence-corrected chi connectivity index (χ4v) is 1.95. The largest absolute Gasteiger partial charge is 0.378 e. The third-order valence-corrected chi connectivity index (χ3v) is 3.37. The molecule has 0 aliphatic rings. The van der Waals surface area contributed by atoms with Gasteiger partial charge in [0, 0.05) is 31.9 Å². The molecule has 0 aromatic heterocycles. The van der Waals surface area contributed by atoms with Crippen LogP contribution < -0.4 is 10.3 Å². The Hall–Kier alpha value is -3.15. The quantitative estimate of drug-likeness (QED) is 0.492. The highest BCUT2D eigenvalue weighted by Crippen LogP contribution is 2.15. The molecule has 2 rings (SSSR count). The van der Waals surface area contributed by atoms with Gasteiger partial charge >= 0.3 is 0 Å². The van der Waals surface area contributed by atoms with Crippen LogP contribution in [0.3, 0.4) is 0 Å². The zero-order valence-corrected chi connectivity index (χ0v) is 13.9. The summed E-state index contributed by atoms with van der Waals surface area (Å²) in [6.07, 6.45) is 3.89. The second kappa shape index (κ2) is 7.92. The van der Waals surface area contributed by atoms with Crippen molar-refractivity contribution in [3.05, 3.63) is 70.3 Å². The Balaban J connectivity index is 1.96. The Morgan fingerprint density at radius 2 is 1.75 bits per heavy atom. The minimum Gasteiger partial charge on any atom is -0.378 e. The number of benzene rings is 2. The van der Waals surface area contributed by atoms with Crippen molar-refractivity contribution >= 4 is 28.8 Å². The van der Waals surface area contributed by atoms with Crippen LogP contribution in [0, 0.1) is 10.1 Å². The van der Waals surface area contributed by atoms with Gasteiger partial charge in [-0.05, 0) is 42.8 Å².